The van der Waals surface area contributed by atoms with Crippen LogP contribution in [0.1, 0.15) is 13.8 Å². The highest BCUT2D eigenvalue weighted by atomic mass is 32.2. The Morgan fingerprint density at radius 3 is 2.58 bits per heavy atom. The zero-order valence-electron chi connectivity index (χ0n) is 10.6. The monoisotopic (exact) mass is 289 g/mol. The van der Waals surface area contributed by atoms with Crippen LogP contribution < -0.4 is 14.8 Å². The fourth-order valence-electron chi connectivity index (χ4n) is 1.32. The maximum Gasteiger partial charge on any atom is 0.277 e. The molecule has 0 radical (unpaired) electrons. The first-order valence-corrected chi connectivity index (χ1v) is 7.16. The van der Waals surface area contributed by atoms with Gasteiger partial charge in [0.25, 0.3) is 10.2 Å². The quantitative estimate of drug-likeness (QED) is 0.716. The number of halogens is 1. The maximum atomic E-state index is 13.3. The van der Waals surface area contributed by atoms with Crippen molar-refractivity contribution in [2.45, 2.75) is 19.9 Å². The molecule has 19 heavy (non-hydrogen) atoms. The number of rotatable bonds is 6. The minimum Gasteiger partial charge on any atom is -0.322 e. The molecule has 1 aromatic carbocycles. The van der Waals surface area contributed by atoms with Gasteiger partial charge in [-0.1, -0.05) is 19.1 Å². The van der Waals surface area contributed by atoms with E-state index in [4.69, 9.17) is 0 Å². The maximum absolute atomic E-state index is 13.3. The normalized spacial score (nSPS) is 13.0. The smallest absolute Gasteiger partial charge is 0.277 e. The highest BCUT2D eigenvalue weighted by molar-refractivity contribution is 7.87. The van der Waals surface area contributed by atoms with Crippen LogP contribution >= 0.6 is 0 Å². The third kappa shape index (κ3) is 4.93. The summed E-state index contributed by atoms with van der Waals surface area (Å²) in [4.78, 5) is 11.7. The molecule has 0 aliphatic carbocycles. The lowest BCUT2D eigenvalue weighted by atomic mass is 10.2. The van der Waals surface area contributed by atoms with Crippen LogP contribution in [0.3, 0.4) is 0 Å². The zero-order valence-corrected chi connectivity index (χ0v) is 11.4. The Morgan fingerprint density at radius 2 is 2.00 bits per heavy atom. The molecule has 1 aromatic rings. The summed E-state index contributed by atoms with van der Waals surface area (Å²) >= 11 is 0. The van der Waals surface area contributed by atoms with Crippen LogP contribution in [0.25, 0.3) is 0 Å². The average molecular weight is 289 g/mol. The lowest BCUT2D eigenvalue weighted by molar-refractivity contribution is -0.117. The Hall–Kier alpha value is -1.51. The second kappa shape index (κ2) is 6.60. The van der Waals surface area contributed by atoms with Crippen LogP contribution in [-0.2, 0) is 15.0 Å². The summed E-state index contributed by atoms with van der Waals surface area (Å²) < 4.78 is 40.4. The molecule has 1 rings (SSSR count). The number of hydrogen-bond acceptors (Lipinski definition) is 3. The fraction of sp³-hybridized carbons (Fsp3) is 0.364. The first-order valence-electron chi connectivity index (χ1n) is 5.68. The second-order valence-electron chi connectivity index (χ2n) is 3.81. The molecule has 0 aliphatic rings. The molecule has 1 atom stereocenters. The molecular weight excluding hydrogens is 273 g/mol. The van der Waals surface area contributed by atoms with Gasteiger partial charge in [-0.2, -0.15) is 13.1 Å². The van der Waals surface area contributed by atoms with Gasteiger partial charge in [-0.25, -0.2) is 9.11 Å². The van der Waals surface area contributed by atoms with E-state index in [1.165, 1.54) is 25.1 Å². The van der Waals surface area contributed by atoms with Crippen molar-refractivity contribution in [2.75, 3.05) is 11.9 Å². The van der Waals surface area contributed by atoms with Gasteiger partial charge in [0, 0.05) is 6.54 Å². The van der Waals surface area contributed by atoms with Crippen LogP contribution in [-0.4, -0.2) is 26.9 Å². The van der Waals surface area contributed by atoms with Crippen molar-refractivity contribution in [3.05, 3.63) is 30.1 Å². The summed E-state index contributed by atoms with van der Waals surface area (Å²) in [5.41, 5.74) is 0.00185. The van der Waals surface area contributed by atoms with E-state index in [9.17, 15) is 17.6 Å². The standard InChI is InChI=1S/C11H16FN3O3S/c1-3-13-19(17,18)15-8(2)11(16)14-10-7-5-4-6-9(10)12/h4-8,13,15H,3H2,1-2H3,(H,14,16). The predicted molar refractivity (Wildman–Crippen MR) is 70.2 cm³/mol. The number of amides is 1. The molecule has 3 N–H and O–H groups in total. The molecule has 0 bridgehead atoms. The van der Waals surface area contributed by atoms with Crippen molar-refractivity contribution in [2.24, 2.45) is 0 Å². The molecular formula is C11H16FN3O3S. The summed E-state index contributed by atoms with van der Waals surface area (Å²) in [5.74, 6) is -1.23. The van der Waals surface area contributed by atoms with E-state index < -0.39 is 28.0 Å². The Balaban J connectivity index is 2.66. The summed E-state index contributed by atoms with van der Waals surface area (Å²) in [6.45, 7) is 3.19. The Labute approximate surface area is 111 Å². The molecule has 0 aromatic heterocycles. The third-order valence-corrected chi connectivity index (χ3v) is 3.52. The molecule has 0 aliphatic heterocycles. The lowest BCUT2D eigenvalue weighted by Gasteiger charge is -2.14. The Kier molecular flexibility index (Phi) is 5.40. The summed E-state index contributed by atoms with van der Waals surface area (Å²) in [6, 6.07) is 4.61. The van der Waals surface area contributed by atoms with E-state index in [1.54, 1.807) is 13.0 Å². The molecule has 0 spiro atoms. The molecule has 1 amide bonds. The molecule has 106 valence electrons. The van der Waals surface area contributed by atoms with Gasteiger partial charge in [0.15, 0.2) is 0 Å². The van der Waals surface area contributed by atoms with Crippen LogP contribution in [0.4, 0.5) is 10.1 Å². The number of nitrogens with one attached hydrogen (secondary N) is 3. The summed E-state index contributed by atoms with van der Waals surface area (Å²) in [5, 5.41) is 2.31. The van der Waals surface area contributed by atoms with Gasteiger partial charge in [-0.3, -0.25) is 4.79 Å². The van der Waals surface area contributed by atoms with Crippen LogP contribution in [0, 0.1) is 5.82 Å². The minimum atomic E-state index is -3.73. The minimum absolute atomic E-state index is 0.00185. The van der Waals surface area contributed by atoms with Crippen LogP contribution in [0.2, 0.25) is 0 Å². The van der Waals surface area contributed by atoms with Gasteiger partial charge >= 0.3 is 0 Å². The first kappa shape index (κ1) is 15.5. The highest BCUT2D eigenvalue weighted by Gasteiger charge is 2.20. The largest absolute Gasteiger partial charge is 0.322 e. The van der Waals surface area contributed by atoms with E-state index in [-0.39, 0.29) is 12.2 Å². The Bertz CT molecular complexity index is 548. The van der Waals surface area contributed by atoms with Gasteiger partial charge in [-0.15, -0.1) is 0 Å². The molecule has 6 nitrogen and oxygen atoms in total. The van der Waals surface area contributed by atoms with Gasteiger partial charge in [0.1, 0.15) is 5.82 Å². The molecule has 0 fully saturated rings. The summed E-state index contributed by atoms with van der Waals surface area (Å²) in [6.07, 6.45) is 0. The Morgan fingerprint density at radius 1 is 1.37 bits per heavy atom. The number of hydrogen-bond donors (Lipinski definition) is 3. The number of anilines is 1. The number of carbonyl (C=O) groups excluding carboxylic acids is 1. The van der Waals surface area contributed by atoms with E-state index in [0.29, 0.717) is 0 Å². The second-order valence-corrected chi connectivity index (χ2v) is 5.34. The van der Waals surface area contributed by atoms with Crippen LogP contribution in [0.5, 0.6) is 0 Å². The van der Waals surface area contributed by atoms with Crippen molar-refractivity contribution < 1.29 is 17.6 Å². The molecule has 0 heterocycles. The SMILES string of the molecule is CCNS(=O)(=O)NC(C)C(=O)Nc1ccccc1F. The van der Waals surface area contributed by atoms with Crippen molar-refractivity contribution in [3.8, 4) is 0 Å². The topological polar surface area (TPSA) is 87.3 Å². The average Bonchev–Trinajstić information content (AvgIpc) is 2.31. The van der Waals surface area contributed by atoms with E-state index >= 15 is 0 Å². The first-order chi connectivity index (χ1) is 8.85. The molecule has 8 heteroatoms. The van der Waals surface area contributed by atoms with Gasteiger partial charge in [0.05, 0.1) is 11.7 Å². The number of benzene rings is 1. The zero-order chi connectivity index (χ0) is 14.5. The van der Waals surface area contributed by atoms with Crippen LogP contribution in [0.15, 0.2) is 24.3 Å². The van der Waals surface area contributed by atoms with Crippen molar-refractivity contribution >= 4 is 21.8 Å². The third-order valence-electron chi connectivity index (χ3n) is 2.19. The molecule has 0 saturated heterocycles. The lowest BCUT2D eigenvalue weighted by Crippen LogP contribution is -2.46. The summed E-state index contributed by atoms with van der Waals surface area (Å²) in [7, 11) is -3.73. The fourth-order valence-corrected chi connectivity index (χ4v) is 2.36. The number of carbonyl (C=O) groups is 1. The van der Waals surface area contributed by atoms with E-state index in [0.717, 1.165) is 0 Å². The predicted octanol–water partition coefficient (Wildman–Crippen LogP) is 0.597. The van der Waals surface area contributed by atoms with Crippen molar-refractivity contribution in [1.82, 2.24) is 9.44 Å². The van der Waals surface area contributed by atoms with Crippen molar-refractivity contribution in [1.29, 1.82) is 0 Å². The van der Waals surface area contributed by atoms with Gasteiger partial charge in [-0.05, 0) is 19.1 Å². The van der Waals surface area contributed by atoms with E-state index in [1.807, 2.05) is 0 Å². The molecule has 1 unspecified atom stereocenters. The highest BCUT2D eigenvalue weighted by Crippen LogP contribution is 2.12. The van der Waals surface area contributed by atoms with Gasteiger partial charge < -0.3 is 5.32 Å². The molecule has 0 saturated carbocycles. The van der Waals surface area contributed by atoms with E-state index in [2.05, 4.69) is 14.8 Å². The van der Waals surface area contributed by atoms with Crippen molar-refractivity contribution in [3.63, 3.8) is 0 Å². The van der Waals surface area contributed by atoms with Gasteiger partial charge in [0.2, 0.25) is 5.91 Å². The number of para-hydroxylation sites is 1.